The number of rotatable bonds is 2. The Morgan fingerprint density at radius 3 is 2.78 bits per heavy atom. The molecule has 2 aromatic rings. The molecule has 3 heteroatoms. The van der Waals surface area contributed by atoms with Crippen LogP contribution in [0.4, 0.5) is 0 Å². The molecule has 0 spiro atoms. The zero-order valence-electron chi connectivity index (χ0n) is 11.0. The normalized spacial score (nSPS) is 24.3. The molecule has 18 heavy (non-hydrogen) atoms. The summed E-state index contributed by atoms with van der Waals surface area (Å²) in [6.45, 7) is 4.38. The van der Waals surface area contributed by atoms with E-state index in [-0.39, 0.29) is 0 Å². The van der Waals surface area contributed by atoms with Gasteiger partial charge in [-0.1, -0.05) is 6.92 Å². The van der Waals surface area contributed by atoms with Crippen molar-refractivity contribution in [3.05, 3.63) is 23.2 Å². The maximum Gasteiger partial charge on any atom is 0.121 e. The molecule has 0 atom stereocenters. The van der Waals surface area contributed by atoms with Crippen molar-refractivity contribution in [2.24, 2.45) is 5.92 Å². The van der Waals surface area contributed by atoms with Crippen LogP contribution >= 0.6 is 11.3 Å². The Morgan fingerprint density at radius 1 is 1.22 bits per heavy atom. The van der Waals surface area contributed by atoms with Crippen LogP contribution in [0.1, 0.15) is 37.6 Å². The second kappa shape index (κ2) is 4.88. The van der Waals surface area contributed by atoms with Crippen LogP contribution in [0.15, 0.2) is 18.2 Å². The fourth-order valence-electron chi connectivity index (χ4n) is 2.64. The van der Waals surface area contributed by atoms with Gasteiger partial charge in [-0.2, -0.15) is 0 Å². The van der Waals surface area contributed by atoms with Crippen LogP contribution in [0.2, 0.25) is 0 Å². The number of thiazole rings is 1. The zero-order chi connectivity index (χ0) is 12.5. The fraction of sp³-hybridized carbons (Fsp3) is 0.533. The first-order valence-corrected chi connectivity index (χ1v) is 7.56. The van der Waals surface area contributed by atoms with Crippen molar-refractivity contribution in [1.29, 1.82) is 0 Å². The number of hydrogen-bond acceptors (Lipinski definition) is 3. The Hall–Kier alpha value is -1.09. The van der Waals surface area contributed by atoms with Crippen LogP contribution in [-0.2, 0) is 0 Å². The lowest BCUT2D eigenvalue weighted by Gasteiger charge is -2.26. The summed E-state index contributed by atoms with van der Waals surface area (Å²) in [5.41, 5.74) is 1.07. The van der Waals surface area contributed by atoms with Gasteiger partial charge in [-0.3, -0.25) is 0 Å². The van der Waals surface area contributed by atoms with Crippen molar-refractivity contribution in [3.8, 4) is 5.75 Å². The lowest BCUT2D eigenvalue weighted by atomic mass is 9.89. The third-order valence-corrected chi connectivity index (χ3v) is 4.68. The maximum absolute atomic E-state index is 6.09. The van der Waals surface area contributed by atoms with E-state index in [0.717, 1.165) is 22.2 Å². The second-order valence-electron chi connectivity index (χ2n) is 5.36. The SMILES string of the molecule is Cc1nc2cc(OC3CCC(C)CC3)ccc2s1. The third-order valence-electron chi connectivity index (χ3n) is 3.73. The minimum atomic E-state index is 0.401. The van der Waals surface area contributed by atoms with E-state index in [1.165, 1.54) is 30.4 Å². The van der Waals surface area contributed by atoms with Crippen molar-refractivity contribution in [2.75, 3.05) is 0 Å². The molecule has 0 unspecified atom stereocenters. The van der Waals surface area contributed by atoms with E-state index in [1.807, 2.05) is 6.92 Å². The first kappa shape index (κ1) is 12.0. The van der Waals surface area contributed by atoms with Crippen LogP contribution in [0, 0.1) is 12.8 Å². The van der Waals surface area contributed by atoms with Crippen LogP contribution in [0.5, 0.6) is 5.75 Å². The van der Waals surface area contributed by atoms with Gasteiger partial charge in [0.25, 0.3) is 0 Å². The van der Waals surface area contributed by atoms with Crippen molar-refractivity contribution in [1.82, 2.24) is 4.98 Å². The summed E-state index contributed by atoms with van der Waals surface area (Å²) in [7, 11) is 0. The second-order valence-corrected chi connectivity index (χ2v) is 6.60. The van der Waals surface area contributed by atoms with E-state index in [9.17, 15) is 0 Å². The standard InChI is InChI=1S/C15H19NOS/c1-10-3-5-12(6-4-10)17-13-7-8-15-14(9-13)16-11(2)18-15/h7-10,12H,3-6H2,1-2H3. The maximum atomic E-state index is 6.09. The van der Waals surface area contributed by atoms with Gasteiger partial charge in [0, 0.05) is 6.07 Å². The highest BCUT2D eigenvalue weighted by molar-refractivity contribution is 7.18. The average molecular weight is 261 g/mol. The molecule has 1 aromatic carbocycles. The molecule has 2 nitrogen and oxygen atoms in total. The van der Waals surface area contributed by atoms with E-state index >= 15 is 0 Å². The molecular formula is C15H19NOS. The zero-order valence-corrected chi connectivity index (χ0v) is 11.8. The molecule has 0 aliphatic heterocycles. The number of aromatic nitrogens is 1. The van der Waals surface area contributed by atoms with Gasteiger partial charge in [-0.25, -0.2) is 4.98 Å². The molecule has 1 aliphatic carbocycles. The molecule has 3 rings (SSSR count). The first-order chi connectivity index (χ1) is 8.70. The van der Waals surface area contributed by atoms with Crippen LogP contribution in [-0.4, -0.2) is 11.1 Å². The number of aryl methyl sites for hydroxylation is 1. The summed E-state index contributed by atoms with van der Waals surface area (Å²) in [6, 6.07) is 6.29. The Bertz CT molecular complexity index is 540. The topological polar surface area (TPSA) is 22.1 Å². The Morgan fingerprint density at radius 2 is 2.00 bits per heavy atom. The minimum absolute atomic E-state index is 0.401. The molecule has 0 N–H and O–H groups in total. The first-order valence-electron chi connectivity index (χ1n) is 6.74. The third kappa shape index (κ3) is 2.51. The molecule has 1 fully saturated rings. The number of benzene rings is 1. The monoisotopic (exact) mass is 261 g/mol. The van der Waals surface area contributed by atoms with Crippen molar-refractivity contribution in [2.45, 2.75) is 45.6 Å². The van der Waals surface area contributed by atoms with Gasteiger partial charge < -0.3 is 4.74 Å². The summed E-state index contributed by atoms with van der Waals surface area (Å²) in [5, 5.41) is 1.12. The molecule has 1 aliphatic rings. The molecule has 0 saturated heterocycles. The quantitative estimate of drug-likeness (QED) is 0.790. The Balaban J connectivity index is 1.74. The summed E-state index contributed by atoms with van der Waals surface area (Å²) >= 11 is 1.74. The summed E-state index contributed by atoms with van der Waals surface area (Å²) in [5.74, 6) is 1.85. The predicted molar refractivity (Wildman–Crippen MR) is 76.4 cm³/mol. The van der Waals surface area contributed by atoms with Gasteiger partial charge in [-0.15, -0.1) is 11.3 Å². The molecular weight excluding hydrogens is 242 g/mol. The smallest absolute Gasteiger partial charge is 0.121 e. The van der Waals surface area contributed by atoms with Gasteiger partial charge >= 0.3 is 0 Å². The molecule has 1 heterocycles. The lowest BCUT2D eigenvalue weighted by Crippen LogP contribution is -2.22. The Kier molecular flexibility index (Phi) is 3.25. The predicted octanol–water partition coefficient (Wildman–Crippen LogP) is 4.56. The Labute approximate surface area is 112 Å². The minimum Gasteiger partial charge on any atom is -0.490 e. The molecule has 96 valence electrons. The van der Waals surface area contributed by atoms with E-state index in [0.29, 0.717) is 6.10 Å². The molecule has 0 bridgehead atoms. The molecule has 0 amide bonds. The average Bonchev–Trinajstić information content (AvgIpc) is 2.71. The van der Waals surface area contributed by atoms with Gasteiger partial charge in [0.2, 0.25) is 0 Å². The van der Waals surface area contributed by atoms with Crippen LogP contribution in [0.3, 0.4) is 0 Å². The van der Waals surface area contributed by atoms with E-state index in [1.54, 1.807) is 11.3 Å². The van der Waals surface area contributed by atoms with Crippen LogP contribution < -0.4 is 4.74 Å². The summed E-state index contributed by atoms with van der Waals surface area (Å²) in [6.07, 6.45) is 5.37. The summed E-state index contributed by atoms with van der Waals surface area (Å²) in [4.78, 5) is 4.52. The van der Waals surface area contributed by atoms with Crippen molar-refractivity contribution < 1.29 is 4.74 Å². The van der Waals surface area contributed by atoms with Gasteiger partial charge in [0.05, 0.1) is 21.3 Å². The highest BCUT2D eigenvalue weighted by Gasteiger charge is 2.19. The van der Waals surface area contributed by atoms with Crippen LogP contribution in [0.25, 0.3) is 10.2 Å². The van der Waals surface area contributed by atoms with Gasteiger partial charge in [0.15, 0.2) is 0 Å². The number of hydrogen-bond donors (Lipinski definition) is 0. The fourth-order valence-corrected chi connectivity index (χ4v) is 3.44. The highest BCUT2D eigenvalue weighted by Crippen LogP contribution is 2.30. The number of fused-ring (bicyclic) bond motifs is 1. The molecule has 0 radical (unpaired) electrons. The number of nitrogens with zero attached hydrogens (tertiary/aromatic N) is 1. The van der Waals surface area contributed by atoms with E-state index < -0.39 is 0 Å². The van der Waals surface area contributed by atoms with Crippen molar-refractivity contribution in [3.63, 3.8) is 0 Å². The highest BCUT2D eigenvalue weighted by atomic mass is 32.1. The van der Waals surface area contributed by atoms with Crippen molar-refractivity contribution >= 4 is 21.6 Å². The summed E-state index contributed by atoms with van der Waals surface area (Å²) < 4.78 is 7.33. The molecule has 1 aromatic heterocycles. The number of ether oxygens (including phenoxy) is 1. The van der Waals surface area contributed by atoms with E-state index in [4.69, 9.17) is 4.74 Å². The molecule has 1 saturated carbocycles. The lowest BCUT2D eigenvalue weighted by molar-refractivity contribution is 0.135. The van der Waals surface area contributed by atoms with Gasteiger partial charge in [0.1, 0.15) is 5.75 Å². The van der Waals surface area contributed by atoms with E-state index in [2.05, 4.69) is 30.1 Å². The van der Waals surface area contributed by atoms with Gasteiger partial charge in [-0.05, 0) is 50.7 Å². The largest absolute Gasteiger partial charge is 0.490 e.